The molecule has 0 bridgehead atoms. The first-order valence-corrected chi connectivity index (χ1v) is 7.57. The summed E-state index contributed by atoms with van der Waals surface area (Å²) in [5.41, 5.74) is 3.91. The van der Waals surface area contributed by atoms with Crippen molar-refractivity contribution in [3.63, 3.8) is 0 Å². The Labute approximate surface area is 127 Å². The summed E-state index contributed by atoms with van der Waals surface area (Å²) in [6.07, 6.45) is 1.03. The number of hydrogen-bond acceptors (Lipinski definition) is 1. The highest BCUT2D eigenvalue weighted by Gasteiger charge is 2.23. The number of benzene rings is 2. The lowest BCUT2D eigenvalue weighted by Gasteiger charge is -2.27. The van der Waals surface area contributed by atoms with Crippen molar-refractivity contribution in [2.45, 2.75) is 39.2 Å². The summed E-state index contributed by atoms with van der Waals surface area (Å²) in [5, 5.41) is 3.42. The largest absolute Gasteiger partial charge is 0.312 e. The molecular formula is C19H24FN. The van der Waals surface area contributed by atoms with E-state index in [-0.39, 0.29) is 11.9 Å². The molecular weight excluding hydrogens is 261 g/mol. The maximum absolute atomic E-state index is 13.9. The zero-order valence-electron chi connectivity index (χ0n) is 13.3. The summed E-state index contributed by atoms with van der Waals surface area (Å²) >= 11 is 0. The highest BCUT2D eigenvalue weighted by molar-refractivity contribution is 5.35. The highest BCUT2D eigenvalue weighted by Crippen LogP contribution is 2.34. The minimum Gasteiger partial charge on any atom is -0.312 e. The summed E-state index contributed by atoms with van der Waals surface area (Å²) in [6.45, 7) is 5.87. The molecule has 2 unspecified atom stereocenters. The third-order valence-electron chi connectivity index (χ3n) is 4.20. The number of hydrogen-bond donors (Lipinski definition) is 1. The molecule has 0 spiro atoms. The van der Waals surface area contributed by atoms with Crippen LogP contribution >= 0.6 is 0 Å². The van der Waals surface area contributed by atoms with E-state index in [9.17, 15) is 4.39 Å². The molecule has 0 saturated heterocycles. The molecule has 1 N–H and O–H groups in total. The molecule has 0 aliphatic rings. The van der Waals surface area contributed by atoms with Crippen LogP contribution in [0.3, 0.4) is 0 Å². The van der Waals surface area contributed by atoms with Crippen molar-refractivity contribution in [2.24, 2.45) is 0 Å². The molecule has 0 aromatic heterocycles. The van der Waals surface area contributed by atoms with E-state index in [0.717, 1.165) is 12.0 Å². The fourth-order valence-electron chi connectivity index (χ4n) is 3.12. The maximum atomic E-state index is 13.9. The van der Waals surface area contributed by atoms with Crippen LogP contribution in [0, 0.1) is 19.7 Å². The topological polar surface area (TPSA) is 12.0 Å². The van der Waals surface area contributed by atoms with E-state index < -0.39 is 0 Å². The van der Waals surface area contributed by atoms with Gasteiger partial charge in [0.15, 0.2) is 0 Å². The molecule has 0 fully saturated rings. The predicted molar refractivity (Wildman–Crippen MR) is 87.1 cm³/mol. The van der Waals surface area contributed by atoms with Crippen molar-refractivity contribution in [2.75, 3.05) is 7.05 Å². The first-order valence-electron chi connectivity index (χ1n) is 7.57. The quantitative estimate of drug-likeness (QED) is 0.824. The Hall–Kier alpha value is -1.67. The molecule has 2 aromatic rings. The molecule has 2 atom stereocenters. The van der Waals surface area contributed by atoms with E-state index in [1.165, 1.54) is 5.56 Å². The van der Waals surface area contributed by atoms with E-state index >= 15 is 0 Å². The van der Waals surface area contributed by atoms with E-state index in [0.29, 0.717) is 17.0 Å². The minimum absolute atomic E-state index is 0.0960. The van der Waals surface area contributed by atoms with Gasteiger partial charge in [-0.2, -0.15) is 0 Å². The third kappa shape index (κ3) is 3.33. The van der Waals surface area contributed by atoms with Gasteiger partial charge in [0.05, 0.1) is 0 Å². The van der Waals surface area contributed by atoms with Gasteiger partial charge >= 0.3 is 0 Å². The summed E-state index contributed by atoms with van der Waals surface area (Å²) in [7, 11) is 1.98. The molecule has 0 aliphatic heterocycles. The van der Waals surface area contributed by atoms with Gasteiger partial charge in [0, 0.05) is 12.0 Å². The van der Waals surface area contributed by atoms with Crippen LogP contribution < -0.4 is 5.32 Å². The van der Waals surface area contributed by atoms with Gasteiger partial charge in [0.25, 0.3) is 0 Å². The molecule has 0 amide bonds. The fourth-order valence-corrected chi connectivity index (χ4v) is 3.12. The van der Waals surface area contributed by atoms with Crippen molar-refractivity contribution >= 4 is 0 Å². The number of aryl methyl sites for hydroxylation is 2. The van der Waals surface area contributed by atoms with Crippen LogP contribution in [0.1, 0.15) is 47.6 Å². The first kappa shape index (κ1) is 15.7. The lowest BCUT2D eigenvalue weighted by atomic mass is 9.84. The number of nitrogens with one attached hydrogen (secondary N) is 1. The maximum Gasteiger partial charge on any atom is 0.129 e. The molecule has 0 aliphatic carbocycles. The van der Waals surface area contributed by atoms with Crippen molar-refractivity contribution in [3.8, 4) is 0 Å². The molecule has 0 saturated carbocycles. The Morgan fingerprint density at radius 1 is 1.00 bits per heavy atom. The average molecular weight is 285 g/mol. The van der Waals surface area contributed by atoms with Crippen LogP contribution in [0.4, 0.5) is 4.39 Å². The van der Waals surface area contributed by atoms with E-state index in [1.54, 1.807) is 0 Å². The lowest BCUT2D eigenvalue weighted by Crippen LogP contribution is -2.24. The Kier molecular flexibility index (Phi) is 5.13. The highest BCUT2D eigenvalue weighted by atomic mass is 19.1. The number of rotatable bonds is 5. The minimum atomic E-state index is -0.0960. The van der Waals surface area contributed by atoms with Crippen LogP contribution in [-0.4, -0.2) is 7.05 Å². The summed E-state index contributed by atoms with van der Waals surface area (Å²) in [4.78, 5) is 0. The SMILES string of the molecule is CCC(c1ccccc1)C(NC)c1cc(C)c(F)c(C)c1. The molecule has 2 aromatic carbocycles. The zero-order chi connectivity index (χ0) is 15.4. The molecule has 21 heavy (non-hydrogen) atoms. The monoisotopic (exact) mass is 285 g/mol. The standard InChI is InChI=1S/C19H24FN/c1-5-17(15-9-7-6-8-10-15)19(21-4)16-11-13(2)18(20)14(3)12-16/h6-12,17,19,21H,5H2,1-4H3. The first-order chi connectivity index (χ1) is 10.1. The second-order valence-electron chi connectivity index (χ2n) is 5.66. The Bertz CT molecular complexity index is 569. The van der Waals surface area contributed by atoms with Crippen LogP contribution in [-0.2, 0) is 0 Å². The van der Waals surface area contributed by atoms with Gasteiger partial charge in [-0.3, -0.25) is 0 Å². The van der Waals surface area contributed by atoms with Crippen LogP contribution in [0.2, 0.25) is 0 Å². The zero-order valence-corrected chi connectivity index (χ0v) is 13.3. The molecule has 0 radical (unpaired) electrons. The number of likely N-dealkylation sites (N-methyl/N-ethyl adjacent to an activating group) is 1. The fraction of sp³-hybridized carbons (Fsp3) is 0.368. The van der Waals surface area contributed by atoms with Crippen molar-refractivity contribution < 1.29 is 4.39 Å². The van der Waals surface area contributed by atoms with Gasteiger partial charge in [-0.05, 0) is 49.6 Å². The van der Waals surface area contributed by atoms with Gasteiger partial charge in [0.1, 0.15) is 5.82 Å². The molecule has 2 rings (SSSR count). The second kappa shape index (κ2) is 6.86. The van der Waals surface area contributed by atoms with Gasteiger partial charge in [0.2, 0.25) is 0 Å². The average Bonchev–Trinajstić information content (AvgIpc) is 2.50. The van der Waals surface area contributed by atoms with Crippen LogP contribution in [0.15, 0.2) is 42.5 Å². The van der Waals surface area contributed by atoms with Crippen molar-refractivity contribution in [1.29, 1.82) is 0 Å². The Balaban J connectivity index is 2.43. The van der Waals surface area contributed by atoms with Crippen LogP contribution in [0.5, 0.6) is 0 Å². The molecule has 2 heteroatoms. The summed E-state index contributed by atoms with van der Waals surface area (Å²) in [5.74, 6) is 0.279. The third-order valence-corrected chi connectivity index (χ3v) is 4.20. The normalized spacial score (nSPS) is 14.0. The Morgan fingerprint density at radius 3 is 2.05 bits per heavy atom. The van der Waals surface area contributed by atoms with Crippen molar-refractivity contribution in [3.05, 3.63) is 70.5 Å². The lowest BCUT2D eigenvalue weighted by molar-refractivity contribution is 0.466. The summed E-state index contributed by atoms with van der Waals surface area (Å²) < 4.78 is 13.9. The Morgan fingerprint density at radius 2 is 1.57 bits per heavy atom. The van der Waals surface area contributed by atoms with E-state index in [2.05, 4.69) is 36.5 Å². The molecule has 112 valence electrons. The number of halogens is 1. The van der Waals surface area contributed by atoms with Gasteiger partial charge in [-0.1, -0.05) is 49.4 Å². The van der Waals surface area contributed by atoms with Gasteiger partial charge in [-0.15, -0.1) is 0 Å². The van der Waals surface area contributed by atoms with Gasteiger partial charge < -0.3 is 5.32 Å². The smallest absolute Gasteiger partial charge is 0.129 e. The predicted octanol–water partition coefficient (Wildman–Crippen LogP) is 4.90. The molecule has 1 nitrogen and oxygen atoms in total. The second-order valence-corrected chi connectivity index (χ2v) is 5.66. The van der Waals surface area contributed by atoms with E-state index in [1.807, 2.05) is 39.1 Å². The van der Waals surface area contributed by atoms with E-state index in [4.69, 9.17) is 0 Å². The van der Waals surface area contributed by atoms with Crippen LogP contribution in [0.25, 0.3) is 0 Å². The summed E-state index contributed by atoms with van der Waals surface area (Å²) in [6, 6.07) is 14.7. The van der Waals surface area contributed by atoms with Gasteiger partial charge in [-0.25, -0.2) is 4.39 Å². The van der Waals surface area contributed by atoms with Crippen molar-refractivity contribution in [1.82, 2.24) is 5.32 Å². The molecule has 0 heterocycles.